The van der Waals surface area contributed by atoms with Gasteiger partial charge >= 0.3 is 0 Å². The van der Waals surface area contributed by atoms with E-state index in [4.69, 9.17) is 5.26 Å². The van der Waals surface area contributed by atoms with Crippen LogP contribution >= 0.6 is 0 Å². The van der Waals surface area contributed by atoms with Crippen molar-refractivity contribution in [1.29, 1.82) is 5.26 Å². The Kier molecular flexibility index (Phi) is 4.45. The first-order valence-electron chi connectivity index (χ1n) is 6.06. The molecule has 0 bridgehead atoms. The van der Waals surface area contributed by atoms with Gasteiger partial charge in [-0.1, -0.05) is 6.07 Å². The third kappa shape index (κ3) is 3.52. The van der Waals surface area contributed by atoms with Crippen LogP contribution in [0.15, 0.2) is 30.9 Å². The van der Waals surface area contributed by atoms with Gasteiger partial charge in [-0.25, -0.2) is 4.39 Å². The van der Waals surface area contributed by atoms with Crippen LogP contribution in [-0.2, 0) is 6.54 Å². The Labute approximate surface area is 110 Å². The van der Waals surface area contributed by atoms with Gasteiger partial charge in [0.25, 0.3) is 0 Å². The number of unbranched alkanes of at least 4 members (excludes halogenated alkanes) is 1. The number of rotatable bonds is 6. The monoisotopic (exact) mass is 259 g/mol. The molecule has 0 radical (unpaired) electrons. The number of hydrogen-bond acceptors (Lipinski definition) is 4. The van der Waals surface area contributed by atoms with Gasteiger partial charge in [0.1, 0.15) is 30.1 Å². The van der Waals surface area contributed by atoms with Gasteiger partial charge in [-0.05, 0) is 25.0 Å². The number of nitrogens with zero attached hydrogens (tertiary/aromatic N) is 4. The molecule has 0 amide bonds. The molecule has 0 aliphatic rings. The van der Waals surface area contributed by atoms with Crippen LogP contribution in [0.2, 0.25) is 0 Å². The van der Waals surface area contributed by atoms with E-state index in [1.807, 2.05) is 10.6 Å². The predicted molar refractivity (Wildman–Crippen MR) is 68.9 cm³/mol. The van der Waals surface area contributed by atoms with Crippen molar-refractivity contribution in [3.63, 3.8) is 0 Å². The fourth-order valence-electron chi connectivity index (χ4n) is 1.77. The van der Waals surface area contributed by atoms with Gasteiger partial charge in [0.15, 0.2) is 0 Å². The van der Waals surface area contributed by atoms with Gasteiger partial charge < -0.3 is 9.88 Å². The van der Waals surface area contributed by atoms with Crippen LogP contribution in [0.3, 0.4) is 0 Å². The zero-order valence-corrected chi connectivity index (χ0v) is 10.4. The van der Waals surface area contributed by atoms with Gasteiger partial charge in [0.2, 0.25) is 0 Å². The molecule has 1 aromatic heterocycles. The van der Waals surface area contributed by atoms with E-state index in [2.05, 4.69) is 15.5 Å². The Morgan fingerprint density at radius 3 is 2.79 bits per heavy atom. The molecule has 98 valence electrons. The highest BCUT2D eigenvalue weighted by Crippen LogP contribution is 2.17. The van der Waals surface area contributed by atoms with Crippen molar-refractivity contribution >= 4 is 5.69 Å². The molecule has 1 N–H and O–H groups in total. The van der Waals surface area contributed by atoms with Gasteiger partial charge in [0, 0.05) is 13.1 Å². The van der Waals surface area contributed by atoms with E-state index in [1.165, 1.54) is 6.07 Å². The largest absolute Gasteiger partial charge is 0.384 e. The first-order chi connectivity index (χ1) is 9.31. The van der Waals surface area contributed by atoms with E-state index < -0.39 is 5.82 Å². The summed E-state index contributed by atoms with van der Waals surface area (Å²) in [6.07, 6.45) is 5.23. The van der Waals surface area contributed by atoms with Gasteiger partial charge in [-0.2, -0.15) is 5.26 Å². The number of aromatic nitrogens is 3. The molecule has 0 saturated heterocycles. The highest BCUT2D eigenvalue weighted by molar-refractivity contribution is 5.57. The number of nitrogens with one attached hydrogen (secondary N) is 1. The lowest BCUT2D eigenvalue weighted by Crippen LogP contribution is -2.05. The van der Waals surface area contributed by atoms with E-state index in [1.54, 1.807) is 24.8 Å². The summed E-state index contributed by atoms with van der Waals surface area (Å²) < 4.78 is 15.2. The van der Waals surface area contributed by atoms with Crippen LogP contribution in [0.25, 0.3) is 0 Å². The standard InChI is InChI=1S/C13H14FN5/c14-12-4-3-5-13(11(12)8-15)16-6-1-2-7-19-9-17-18-10-19/h3-5,9-10,16H,1-2,6-7H2. The van der Waals surface area contributed by atoms with Crippen LogP contribution in [0.1, 0.15) is 18.4 Å². The Morgan fingerprint density at radius 2 is 2.05 bits per heavy atom. The number of hydrogen-bond donors (Lipinski definition) is 1. The van der Waals surface area contributed by atoms with Gasteiger partial charge in [-0.3, -0.25) is 0 Å². The van der Waals surface area contributed by atoms with Crippen molar-refractivity contribution in [3.05, 3.63) is 42.2 Å². The van der Waals surface area contributed by atoms with Crippen molar-refractivity contribution in [2.24, 2.45) is 0 Å². The minimum atomic E-state index is -0.489. The van der Waals surface area contributed by atoms with Crippen molar-refractivity contribution in [1.82, 2.24) is 14.8 Å². The minimum Gasteiger partial charge on any atom is -0.384 e. The molecule has 0 fully saturated rings. The Balaban J connectivity index is 1.77. The number of benzene rings is 1. The molecular weight excluding hydrogens is 245 g/mol. The second-order valence-corrected chi connectivity index (χ2v) is 4.11. The Hall–Kier alpha value is -2.42. The molecule has 0 unspecified atom stereocenters. The van der Waals surface area contributed by atoms with E-state index >= 15 is 0 Å². The van der Waals surface area contributed by atoms with Crippen molar-refractivity contribution in [2.45, 2.75) is 19.4 Å². The molecule has 2 rings (SSSR count). The molecule has 0 spiro atoms. The zero-order valence-electron chi connectivity index (χ0n) is 10.4. The summed E-state index contributed by atoms with van der Waals surface area (Å²) >= 11 is 0. The third-order valence-corrected chi connectivity index (χ3v) is 2.75. The van der Waals surface area contributed by atoms with E-state index in [0.29, 0.717) is 12.2 Å². The maximum absolute atomic E-state index is 13.3. The van der Waals surface area contributed by atoms with E-state index in [9.17, 15) is 4.39 Å². The van der Waals surface area contributed by atoms with Crippen molar-refractivity contribution < 1.29 is 4.39 Å². The molecule has 0 aliphatic heterocycles. The van der Waals surface area contributed by atoms with E-state index in [-0.39, 0.29) is 5.56 Å². The molecule has 2 aromatic rings. The van der Waals surface area contributed by atoms with Gasteiger partial charge in [-0.15, -0.1) is 10.2 Å². The highest BCUT2D eigenvalue weighted by Gasteiger charge is 2.06. The first kappa shape index (κ1) is 13.0. The topological polar surface area (TPSA) is 66.5 Å². The predicted octanol–water partition coefficient (Wildman–Crippen LogP) is 2.18. The molecule has 5 nitrogen and oxygen atoms in total. The summed E-state index contributed by atoms with van der Waals surface area (Å²) in [6, 6.07) is 6.46. The summed E-state index contributed by atoms with van der Waals surface area (Å²) in [5.74, 6) is -0.489. The van der Waals surface area contributed by atoms with Crippen LogP contribution in [0.5, 0.6) is 0 Å². The molecule has 1 heterocycles. The first-order valence-corrected chi connectivity index (χ1v) is 6.06. The number of nitriles is 1. The van der Waals surface area contributed by atoms with Gasteiger partial charge in [0.05, 0.1) is 5.69 Å². The average Bonchev–Trinajstić information content (AvgIpc) is 2.92. The number of halogens is 1. The summed E-state index contributed by atoms with van der Waals surface area (Å²) in [5, 5.41) is 19.4. The average molecular weight is 259 g/mol. The molecule has 1 aromatic carbocycles. The maximum Gasteiger partial charge on any atom is 0.143 e. The quantitative estimate of drug-likeness (QED) is 0.807. The van der Waals surface area contributed by atoms with Crippen LogP contribution < -0.4 is 5.32 Å². The van der Waals surface area contributed by atoms with Crippen LogP contribution in [0, 0.1) is 17.1 Å². The SMILES string of the molecule is N#Cc1c(F)cccc1NCCCCn1cnnc1. The fourth-order valence-corrected chi connectivity index (χ4v) is 1.77. The molecule has 0 atom stereocenters. The second-order valence-electron chi connectivity index (χ2n) is 4.11. The van der Waals surface area contributed by atoms with Crippen molar-refractivity contribution in [3.8, 4) is 6.07 Å². The number of anilines is 1. The Morgan fingerprint density at radius 1 is 1.26 bits per heavy atom. The summed E-state index contributed by atoms with van der Waals surface area (Å²) in [5.41, 5.74) is 0.619. The lowest BCUT2D eigenvalue weighted by atomic mass is 10.2. The highest BCUT2D eigenvalue weighted by atomic mass is 19.1. The number of aryl methyl sites for hydroxylation is 1. The normalized spacial score (nSPS) is 10.1. The van der Waals surface area contributed by atoms with E-state index in [0.717, 1.165) is 19.4 Å². The second kappa shape index (κ2) is 6.50. The lowest BCUT2D eigenvalue weighted by Gasteiger charge is -2.08. The molecule has 0 aliphatic carbocycles. The lowest BCUT2D eigenvalue weighted by molar-refractivity contribution is 0.617. The molecular formula is C13H14FN5. The maximum atomic E-state index is 13.3. The van der Waals surface area contributed by atoms with Crippen LogP contribution in [-0.4, -0.2) is 21.3 Å². The fraction of sp³-hybridized carbons (Fsp3) is 0.308. The third-order valence-electron chi connectivity index (χ3n) is 2.75. The molecule has 6 heteroatoms. The smallest absolute Gasteiger partial charge is 0.143 e. The minimum absolute atomic E-state index is 0.0707. The summed E-state index contributed by atoms with van der Waals surface area (Å²) in [4.78, 5) is 0. The van der Waals surface area contributed by atoms with Crippen LogP contribution in [0.4, 0.5) is 10.1 Å². The zero-order chi connectivity index (χ0) is 13.5. The summed E-state index contributed by atoms with van der Waals surface area (Å²) in [6.45, 7) is 1.54. The summed E-state index contributed by atoms with van der Waals surface area (Å²) in [7, 11) is 0. The molecule has 19 heavy (non-hydrogen) atoms. The van der Waals surface area contributed by atoms with Crippen molar-refractivity contribution in [2.75, 3.05) is 11.9 Å². The Bertz CT molecular complexity index is 559. The molecule has 0 saturated carbocycles.